The highest BCUT2D eigenvalue weighted by Crippen LogP contribution is 2.34. The molecule has 9 aromatic rings. The summed E-state index contributed by atoms with van der Waals surface area (Å²) >= 11 is 0. The molecule has 0 saturated heterocycles. The molecule has 4 nitrogen and oxygen atoms in total. The van der Waals surface area contributed by atoms with Crippen LogP contribution in [0.1, 0.15) is 0 Å². The Labute approximate surface area is 284 Å². The van der Waals surface area contributed by atoms with Crippen LogP contribution in [0.4, 0.5) is 0 Å². The van der Waals surface area contributed by atoms with Gasteiger partial charge in [0.15, 0.2) is 0 Å². The number of aromatic nitrogens is 4. The van der Waals surface area contributed by atoms with Crippen molar-refractivity contribution >= 4 is 22.1 Å². The maximum Gasteiger partial charge on any atom is 0.145 e. The lowest BCUT2D eigenvalue weighted by Gasteiger charge is -2.12. The summed E-state index contributed by atoms with van der Waals surface area (Å²) in [5.74, 6) is 0.934. The zero-order valence-electron chi connectivity index (χ0n) is 26.6. The van der Waals surface area contributed by atoms with Crippen molar-refractivity contribution in [3.63, 3.8) is 0 Å². The topological polar surface area (TPSA) is 43.6 Å². The molecule has 230 valence electrons. The van der Waals surface area contributed by atoms with E-state index in [2.05, 4.69) is 132 Å². The first kappa shape index (κ1) is 28.6. The van der Waals surface area contributed by atoms with Crippen molar-refractivity contribution in [2.75, 3.05) is 0 Å². The molecule has 0 bridgehead atoms. The fourth-order valence-electron chi connectivity index (χ4n) is 6.54. The summed E-state index contributed by atoms with van der Waals surface area (Å²) in [6.07, 6.45) is 0. The van der Waals surface area contributed by atoms with E-state index in [0.717, 1.165) is 78.3 Å². The minimum Gasteiger partial charge on any atom is -0.292 e. The van der Waals surface area contributed by atoms with E-state index in [0.29, 0.717) is 0 Å². The highest BCUT2D eigenvalue weighted by Gasteiger charge is 2.15. The van der Waals surface area contributed by atoms with Gasteiger partial charge in [0.25, 0.3) is 0 Å². The van der Waals surface area contributed by atoms with Crippen LogP contribution in [0.5, 0.6) is 0 Å². The molecule has 0 aliphatic rings. The van der Waals surface area contributed by atoms with Crippen LogP contribution in [0.2, 0.25) is 0 Å². The molecule has 0 atom stereocenters. The lowest BCUT2D eigenvalue weighted by molar-refractivity contribution is 1.10. The van der Waals surface area contributed by atoms with Crippen LogP contribution in [0.25, 0.3) is 83.9 Å². The number of hydrogen-bond acceptors (Lipinski definition) is 3. The maximum atomic E-state index is 5.06. The normalized spacial score (nSPS) is 11.3. The van der Waals surface area contributed by atoms with Gasteiger partial charge < -0.3 is 0 Å². The van der Waals surface area contributed by atoms with Gasteiger partial charge in [-0.1, -0.05) is 146 Å². The number of fused-ring (bicyclic) bond motifs is 2. The van der Waals surface area contributed by atoms with Gasteiger partial charge in [-0.2, -0.15) is 0 Å². The zero-order valence-corrected chi connectivity index (χ0v) is 26.6. The molecule has 2 heterocycles. The Morgan fingerprint density at radius 1 is 0.286 bits per heavy atom. The summed E-state index contributed by atoms with van der Waals surface area (Å²) in [4.78, 5) is 15.1. The molecule has 0 aliphatic heterocycles. The Bertz CT molecular complexity index is 2550. The maximum absolute atomic E-state index is 5.06. The van der Waals surface area contributed by atoms with E-state index in [1.54, 1.807) is 0 Å². The van der Waals surface area contributed by atoms with E-state index in [1.165, 1.54) is 5.56 Å². The van der Waals surface area contributed by atoms with Crippen molar-refractivity contribution in [2.24, 2.45) is 0 Å². The molecule has 4 heteroatoms. The van der Waals surface area contributed by atoms with E-state index in [9.17, 15) is 0 Å². The fourth-order valence-corrected chi connectivity index (χ4v) is 6.54. The molecule has 0 radical (unpaired) electrons. The van der Waals surface area contributed by atoms with Crippen molar-refractivity contribution in [3.8, 4) is 61.8 Å². The van der Waals surface area contributed by atoms with Gasteiger partial charge in [0.2, 0.25) is 0 Å². The minimum atomic E-state index is 0.884. The summed E-state index contributed by atoms with van der Waals surface area (Å²) in [7, 11) is 0. The first-order valence-electron chi connectivity index (χ1n) is 16.5. The molecule has 0 spiro atoms. The predicted molar refractivity (Wildman–Crippen MR) is 201 cm³/mol. The van der Waals surface area contributed by atoms with Crippen LogP contribution in [0, 0.1) is 0 Å². The standard InChI is InChI=1S/C45H30N4/c1-3-11-35(12-4-1)43-44(47-40-16-8-7-15-39(40)46-43)36-27-23-33(24-28-36)31-19-21-32(22-20-31)34-25-29-37(30-26-34)45-48-41-17-9-10-18-42(41)49(45)38-13-5-2-6-14-38/h1-30H. The summed E-state index contributed by atoms with van der Waals surface area (Å²) in [5, 5.41) is 0. The Hall–Kier alpha value is -6.65. The van der Waals surface area contributed by atoms with E-state index in [1.807, 2.05) is 54.6 Å². The smallest absolute Gasteiger partial charge is 0.145 e. The summed E-state index contributed by atoms with van der Waals surface area (Å²) in [6.45, 7) is 0. The van der Waals surface area contributed by atoms with Gasteiger partial charge in [-0.05, 0) is 58.7 Å². The first-order chi connectivity index (χ1) is 24.3. The van der Waals surface area contributed by atoms with Crippen molar-refractivity contribution in [3.05, 3.63) is 182 Å². The first-order valence-corrected chi connectivity index (χ1v) is 16.5. The molecular formula is C45H30N4. The fraction of sp³-hybridized carbons (Fsp3) is 0. The lowest BCUT2D eigenvalue weighted by Crippen LogP contribution is -1.97. The second kappa shape index (κ2) is 12.2. The molecule has 2 aromatic heterocycles. The minimum absolute atomic E-state index is 0.884. The molecule has 7 aromatic carbocycles. The van der Waals surface area contributed by atoms with Crippen molar-refractivity contribution in [1.29, 1.82) is 0 Å². The third-order valence-electron chi connectivity index (χ3n) is 9.05. The van der Waals surface area contributed by atoms with Gasteiger partial charge in [-0.25, -0.2) is 15.0 Å². The van der Waals surface area contributed by atoms with Gasteiger partial charge >= 0.3 is 0 Å². The summed E-state index contributed by atoms with van der Waals surface area (Å²) in [5.41, 5.74) is 14.5. The third kappa shape index (κ3) is 5.35. The Morgan fingerprint density at radius 3 is 1.20 bits per heavy atom. The van der Waals surface area contributed by atoms with Crippen LogP contribution in [0.3, 0.4) is 0 Å². The Morgan fingerprint density at radius 2 is 0.673 bits per heavy atom. The Balaban J connectivity index is 0.997. The molecular weight excluding hydrogens is 597 g/mol. The summed E-state index contributed by atoms with van der Waals surface area (Å²) < 4.78 is 2.24. The van der Waals surface area contributed by atoms with E-state index in [4.69, 9.17) is 15.0 Å². The monoisotopic (exact) mass is 626 g/mol. The predicted octanol–water partition coefficient (Wildman–Crippen LogP) is 11.3. The van der Waals surface area contributed by atoms with Crippen LogP contribution in [-0.4, -0.2) is 19.5 Å². The number of para-hydroxylation sites is 5. The van der Waals surface area contributed by atoms with Gasteiger partial charge in [0.1, 0.15) is 5.82 Å². The number of benzene rings is 7. The average Bonchev–Trinajstić information content (AvgIpc) is 3.58. The molecule has 9 rings (SSSR count). The third-order valence-corrected chi connectivity index (χ3v) is 9.05. The molecule has 0 amide bonds. The van der Waals surface area contributed by atoms with Crippen LogP contribution < -0.4 is 0 Å². The highest BCUT2D eigenvalue weighted by molar-refractivity contribution is 5.87. The molecule has 0 saturated carbocycles. The summed E-state index contributed by atoms with van der Waals surface area (Å²) in [6, 6.07) is 63.2. The van der Waals surface area contributed by atoms with Gasteiger partial charge in [0.05, 0.1) is 33.5 Å². The van der Waals surface area contributed by atoms with Crippen LogP contribution >= 0.6 is 0 Å². The largest absolute Gasteiger partial charge is 0.292 e. The lowest BCUT2D eigenvalue weighted by atomic mass is 9.97. The Kier molecular flexibility index (Phi) is 7.10. The van der Waals surface area contributed by atoms with Gasteiger partial charge in [-0.3, -0.25) is 4.57 Å². The molecule has 0 fully saturated rings. The zero-order chi connectivity index (χ0) is 32.6. The van der Waals surface area contributed by atoms with Gasteiger partial charge in [-0.15, -0.1) is 0 Å². The second-order valence-electron chi connectivity index (χ2n) is 12.1. The molecule has 0 unspecified atom stereocenters. The average molecular weight is 627 g/mol. The van der Waals surface area contributed by atoms with Gasteiger partial charge in [0, 0.05) is 22.4 Å². The molecule has 49 heavy (non-hydrogen) atoms. The van der Waals surface area contributed by atoms with Crippen molar-refractivity contribution in [2.45, 2.75) is 0 Å². The highest BCUT2D eigenvalue weighted by atomic mass is 15.1. The molecule has 0 N–H and O–H groups in total. The SMILES string of the molecule is c1ccc(-c2nc3ccccc3nc2-c2ccc(-c3ccc(-c4ccc(-c5nc6ccccc6n5-c5ccccc5)cc4)cc3)cc2)cc1. The number of hydrogen-bond donors (Lipinski definition) is 0. The number of nitrogens with zero attached hydrogens (tertiary/aromatic N) is 4. The number of rotatable bonds is 6. The number of imidazole rings is 1. The second-order valence-corrected chi connectivity index (χ2v) is 12.1. The van der Waals surface area contributed by atoms with E-state index in [-0.39, 0.29) is 0 Å². The van der Waals surface area contributed by atoms with E-state index >= 15 is 0 Å². The van der Waals surface area contributed by atoms with E-state index < -0.39 is 0 Å². The molecule has 0 aliphatic carbocycles. The quantitative estimate of drug-likeness (QED) is 0.184. The van der Waals surface area contributed by atoms with Crippen molar-refractivity contribution < 1.29 is 0 Å². The van der Waals surface area contributed by atoms with Crippen LogP contribution in [-0.2, 0) is 0 Å². The van der Waals surface area contributed by atoms with Crippen molar-refractivity contribution in [1.82, 2.24) is 19.5 Å². The van der Waals surface area contributed by atoms with Crippen LogP contribution in [0.15, 0.2) is 182 Å².